The van der Waals surface area contributed by atoms with E-state index in [1.165, 1.54) is 0 Å². The van der Waals surface area contributed by atoms with E-state index < -0.39 is 5.97 Å². The number of nitrogens with zero attached hydrogens (tertiary/aromatic N) is 1. The first-order valence-corrected chi connectivity index (χ1v) is 5.14. The van der Waals surface area contributed by atoms with Gasteiger partial charge >= 0.3 is 5.97 Å². The Hall–Kier alpha value is -2.03. The Morgan fingerprint density at radius 2 is 2.25 bits per heavy atom. The van der Waals surface area contributed by atoms with Gasteiger partial charge in [-0.1, -0.05) is 24.3 Å². The van der Waals surface area contributed by atoms with Gasteiger partial charge in [0.2, 0.25) is 0 Å². The molecule has 0 saturated carbocycles. The van der Waals surface area contributed by atoms with Gasteiger partial charge < -0.3 is 10.0 Å². The average molecular weight is 215 g/mol. The molecule has 0 bridgehead atoms. The molecule has 1 aromatic carbocycles. The molecule has 0 fully saturated rings. The SMILES string of the molecule is C=CCN1C(C(=O)O)=CCc2ccccc21. The van der Waals surface area contributed by atoms with Crippen LogP contribution in [0.1, 0.15) is 5.56 Å². The molecule has 0 aliphatic carbocycles. The Morgan fingerprint density at radius 1 is 1.50 bits per heavy atom. The number of fused-ring (bicyclic) bond motifs is 1. The molecular weight excluding hydrogens is 202 g/mol. The minimum atomic E-state index is -0.892. The highest BCUT2D eigenvalue weighted by Crippen LogP contribution is 2.29. The molecule has 3 heteroatoms. The quantitative estimate of drug-likeness (QED) is 0.786. The number of carboxylic acid groups (broad SMARTS) is 1. The van der Waals surface area contributed by atoms with Crippen LogP contribution in [-0.2, 0) is 11.2 Å². The number of aliphatic carboxylic acids is 1. The summed E-state index contributed by atoms with van der Waals surface area (Å²) in [6.07, 6.45) is 4.12. The zero-order chi connectivity index (χ0) is 11.5. The molecule has 16 heavy (non-hydrogen) atoms. The third kappa shape index (κ3) is 1.72. The topological polar surface area (TPSA) is 40.5 Å². The molecule has 0 saturated heterocycles. The molecule has 82 valence electrons. The molecule has 1 heterocycles. The lowest BCUT2D eigenvalue weighted by atomic mass is 10.0. The molecule has 0 unspecified atom stereocenters. The molecule has 3 nitrogen and oxygen atoms in total. The molecular formula is C13H13NO2. The Labute approximate surface area is 94.3 Å². The van der Waals surface area contributed by atoms with Crippen molar-refractivity contribution in [2.75, 3.05) is 11.4 Å². The van der Waals surface area contributed by atoms with Crippen LogP contribution in [-0.4, -0.2) is 17.6 Å². The number of rotatable bonds is 3. The van der Waals surface area contributed by atoms with Gasteiger partial charge in [-0.3, -0.25) is 0 Å². The number of hydrogen-bond acceptors (Lipinski definition) is 2. The molecule has 1 N–H and O–H groups in total. The second kappa shape index (κ2) is 4.23. The normalized spacial score (nSPS) is 14.0. The second-order valence-electron chi connectivity index (χ2n) is 3.63. The van der Waals surface area contributed by atoms with E-state index in [2.05, 4.69) is 6.58 Å². The maximum atomic E-state index is 11.1. The Kier molecular flexibility index (Phi) is 2.77. The summed E-state index contributed by atoms with van der Waals surface area (Å²) in [7, 11) is 0. The van der Waals surface area contributed by atoms with Crippen LogP contribution in [0.5, 0.6) is 0 Å². The van der Waals surface area contributed by atoms with Crippen LogP contribution in [0.25, 0.3) is 0 Å². The monoisotopic (exact) mass is 215 g/mol. The van der Waals surface area contributed by atoms with Gasteiger partial charge in [0.05, 0.1) is 0 Å². The van der Waals surface area contributed by atoms with Gasteiger partial charge in [-0.2, -0.15) is 0 Å². The summed E-state index contributed by atoms with van der Waals surface area (Å²) < 4.78 is 0. The molecule has 0 amide bonds. The molecule has 0 aromatic heterocycles. The minimum Gasteiger partial charge on any atom is -0.477 e. The van der Waals surface area contributed by atoms with E-state index in [-0.39, 0.29) is 0 Å². The first-order valence-electron chi connectivity index (χ1n) is 5.14. The molecule has 1 aromatic rings. The standard InChI is InChI=1S/C13H13NO2/c1-2-9-14-11-6-4-3-5-10(11)7-8-12(14)13(15)16/h2-6,8H,1,7,9H2,(H,15,16). The van der Waals surface area contributed by atoms with E-state index >= 15 is 0 Å². The van der Waals surface area contributed by atoms with Crippen molar-refractivity contribution in [2.45, 2.75) is 6.42 Å². The van der Waals surface area contributed by atoms with Crippen molar-refractivity contribution in [1.29, 1.82) is 0 Å². The van der Waals surface area contributed by atoms with Crippen molar-refractivity contribution in [3.63, 3.8) is 0 Å². The minimum absolute atomic E-state index is 0.332. The number of carboxylic acids is 1. The van der Waals surface area contributed by atoms with E-state index in [0.29, 0.717) is 18.7 Å². The predicted octanol–water partition coefficient (Wildman–Crippen LogP) is 2.20. The van der Waals surface area contributed by atoms with E-state index in [1.54, 1.807) is 17.1 Å². The number of hydrogen-bond donors (Lipinski definition) is 1. The fourth-order valence-corrected chi connectivity index (χ4v) is 1.92. The maximum Gasteiger partial charge on any atom is 0.352 e. The molecule has 1 aliphatic rings. The van der Waals surface area contributed by atoms with Crippen LogP contribution in [0.4, 0.5) is 5.69 Å². The van der Waals surface area contributed by atoms with Crippen molar-refractivity contribution in [3.05, 3.63) is 54.3 Å². The first kappa shape index (κ1) is 10.5. The van der Waals surface area contributed by atoms with E-state index in [9.17, 15) is 4.79 Å². The molecule has 1 aliphatic heterocycles. The van der Waals surface area contributed by atoms with E-state index in [1.807, 2.05) is 24.3 Å². The third-order valence-electron chi connectivity index (χ3n) is 2.62. The number of para-hydroxylation sites is 1. The van der Waals surface area contributed by atoms with Gasteiger partial charge in [0.1, 0.15) is 5.70 Å². The lowest BCUT2D eigenvalue weighted by Gasteiger charge is -2.29. The van der Waals surface area contributed by atoms with Crippen molar-refractivity contribution in [2.24, 2.45) is 0 Å². The van der Waals surface area contributed by atoms with Gasteiger partial charge in [-0.15, -0.1) is 6.58 Å². The summed E-state index contributed by atoms with van der Waals surface area (Å²) >= 11 is 0. The summed E-state index contributed by atoms with van der Waals surface area (Å²) in [6, 6.07) is 7.83. The number of benzene rings is 1. The highest BCUT2D eigenvalue weighted by Gasteiger charge is 2.22. The fourth-order valence-electron chi connectivity index (χ4n) is 1.92. The zero-order valence-corrected chi connectivity index (χ0v) is 8.89. The Bertz CT molecular complexity index is 463. The summed E-state index contributed by atoms with van der Waals surface area (Å²) in [5.41, 5.74) is 2.44. The Morgan fingerprint density at radius 3 is 2.94 bits per heavy atom. The molecule has 0 atom stereocenters. The van der Waals surface area contributed by atoms with Crippen LogP contribution in [0.15, 0.2) is 48.7 Å². The lowest BCUT2D eigenvalue weighted by molar-refractivity contribution is -0.132. The highest BCUT2D eigenvalue weighted by molar-refractivity contribution is 5.92. The lowest BCUT2D eigenvalue weighted by Crippen LogP contribution is -2.30. The highest BCUT2D eigenvalue weighted by atomic mass is 16.4. The summed E-state index contributed by atoms with van der Waals surface area (Å²) in [5, 5.41) is 9.12. The number of allylic oxidation sites excluding steroid dienone is 1. The largest absolute Gasteiger partial charge is 0.477 e. The van der Waals surface area contributed by atoms with Gasteiger partial charge in [-0.25, -0.2) is 4.79 Å². The van der Waals surface area contributed by atoms with Crippen LogP contribution >= 0.6 is 0 Å². The summed E-state index contributed by atoms with van der Waals surface area (Å²) in [4.78, 5) is 12.9. The Balaban J connectivity index is 2.45. The molecule has 0 spiro atoms. The second-order valence-corrected chi connectivity index (χ2v) is 3.63. The molecule has 0 radical (unpaired) electrons. The van der Waals surface area contributed by atoms with Gasteiger partial charge in [0.15, 0.2) is 0 Å². The van der Waals surface area contributed by atoms with Gasteiger partial charge in [0.25, 0.3) is 0 Å². The van der Waals surface area contributed by atoms with Crippen LogP contribution < -0.4 is 4.90 Å². The maximum absolute atomic E-state index is 11.1. The first-order chi connectivity index (χ1) is 7.74. The smallest absolute Gasteiger partial charge is 0.352 e. The number of carbonyl (C=O) groups is 1. The van der Waals surface area contributed by atoms with Crippen molar-refractivity contribution >= 4 is 11.7 Å². The van der Waals surface area contributed by atoms with Crippen LogP contribution in [0, 0.1) is 0 Å². The summed E-state index contributed by atoms with van der Waals surface area (Å²) in [5.74, 6) is -0.892. The average Bonchev–Trinajstić information content (AvgIpc) is 2.29. The van der Waals surface area contributed by atoms with E-state index in [0.717, 1.165) is 11.3 Å². The van der Waals surface area contributed by atoms with Gasteiger partial charge in [0, 0.05) is 12.2 Å². The molecule has 2 rings (SSSR count). The van der Waals surface area contributed by atoms with Crippen molar-refractivity contribution in [1.82, 2.24) is 0 Å². The van der Waals surface area contributed by atoms with Crippen LogP contribution in [0.2, 0.25) is 0 Å². The van der Waals surface area contributed by atoms with E-state index in [4.69, 9.17) is 5.11 Å². The van der Waals surface area contributed by atoms with Crippen molar-refractivity contribution in [3.8, 4) is 0 Å². The number of anilines is 1. The van der Waals surface area contributed by atoms with Crippen LogP contribution in [0.3, 0.4) is 0 Å². The predicted molar refractivity (Wildman–Crippen MR) is 63.4 cm³/mol. The van der Waals surface area contributed by atoms with Gasteiger partial charge in [-0.05, 0) is 24.1 Å². The summed E-state index contributed by atoms with van der Waals surface area (Å²) in [6.45, 7) is 4.17. The van der Waals surface area contributed by atoms with Crippen molar-refractivity contribution < 1.29 is 9.90 Å². The fraction of sp³-hybridized carbons (Fsp3) is 0.154. The zero-order valence-electron chi connectivity index (χ0n) is 8.89. The third-order valence-corrected chi connectivity index (χ3v) is 2.62.